The first-order chi connectivity index (χ1) is 10.0. The summed E-state index contributed by atoms with van der Waals surface area (Å²) < 4.78 is 0.922. The van der Waals surface area contributed by atoms with E-state index >= 15 is 0 Å². The highest BCUT2D eigenvalue weighted by atomic mass is 35.5. The second-order valence-corrected chi connectivity index (χ2v) is 6.01. The van der Waals surface area contributed by atoms with E-state index in [2.05, 4.69) is 10.6 Å². The Labute approximate surface area is 130 Å². The molecule has 0 radical (unpaired) electrons. The smallest absolute Gasteiger partial charge is 0.263 e. The first-order valence-corrected chi connectivity index (χ1v) is 7.57. The average Bonchev–Trinajstić information content (AvgIpc) is 2.82. The molecule has 112 valence electrons. The highest BCUT2D eigenvalue weighted by molar-refractivity contribution is 7.21. The zero-order valence-corrected chi connectivity index (χ0v) is 12.9. The van der Waals surface area contributed by atoms with Crippen LogP contribution in [0.25, 0.3) is 10.1 Å². The highest BCUT2D eigenvalue weighted by Gasteiger charge is 2.17. The van der Waals surface area contributed by atoms with Crippen LogP contribution in [0.1, 0.15) is 16.6 Å². The molecule has 0 bridgehead atoms. The number of aliphatic hydroxyl groups excluding tert-OH is 1. The number of thiophene rings is 1. The SMILES string of the molecule is CC(CO)NC(=O)CNC(=O)c1sc2ccccc2c1Cl. The number of carbonyl (C=O) groups excluding carboxylic acids is 2. The molecule has 2 rings (SSSR count). The van der Waals surface area contributed by atoms with Gasteiger partial charge in [0.2, 0.25) is 5.91 Å². The molecule has 1 unspecified atom stereocenters. The maximum Gasteiger partial charge on any atom is 0.263 e. The van der Waals surface area contributed by atoms with E-state index in [1.54, 1.807) is 6.92 Å². The fourth-order valence-corrected chi connectivity index (χ4v) is 3.21. The van der Waals surface area contributed by atoms with Crippen LogP contribution in [0.3, 0.4) is 0 Å². The quantitative estimate of drug-likeness (QED) is 0.783. The fourth-order valence-electron chi connectivity index (χ4n) is 1.77. The number of hydrogen-bond donors (Lipinski definition) is 3. The molecule has 1 aromatic heterocycles. The Kier molecular flexibility index (Phi) is 5.17. The van der Waals surface area contributed by atoms with E-state index in [9.17, 15) is 9.59 Å². The van der Waals surface area contributed by atoms with E-state index in [1.807, 2.05) is 24.3 Å². The van der Waals surface area contributed by atoms with Gasteiger partial charge >= 0.3 is 0 Å². The Hall–Kier alpha value is -1.63. The minimum Gasteiger partial charge on any atom is -0.394 e. The minimum atomic E-state index is -0.381. The van der Waals surface area contributed by atoms with Gasteiger partial charge in [-0.1, -0.05) is 29.8 Å². The van der Waals surface area contributed by atoms with Crippen molar-refractivity contribution in [2.75, 3.05) is 13.2 Å². The van der Waals surface area contributed by atoms with Crippen molar-refractivity contribution in [3.8, 4) is 0 Å². The summed E-state index contributed by atoms with van der Waals surface area (Å²) in [6, 6.07) is 7.12. The van der Waals surface area contributed by atoms with Crippen LogP contribution in [0.15, 0.2) is 24.3 Å². The molecular formula is C14H15ClN2O3S. The molecular weight excluding hydrogens is 312 g/mol. The summed E-state index contributed by atoms with van der Waals surface area (Å²) >= 11 is 7.48. The number of nitrogens with one attached hydrogen (secondary N) is 2. The molecule has 2 aromatic rings. The van der Waals surface area contributed by atoms with E-state index < -0.39 is 0 Å². The molecule has 1 aromatic carbocycles. The predicted octanol–water partition coefficient (Wildman–Crippen LogP) is 1.78. The van der Waals surface area contributed by atoms with Crippen molar-refractivity contribution in [3.05, 3.63) is 34.2 Å². The molecule has 5 nitrogen and oxygen atoms in total. The summed E-state index contributed by atoms with van der Waals surface area (Å²) in [7, 11) is 0. The third-order valence-corrected chi connectivity index (χ3v) is 4.51. The van der Waals surface area contributed by atoms with Crippen molar-refractivity contribution < 1.29 is 14.7 Å². The maximum absolute atomic E-state index is 12.1. The van der Waals surface area contributed by atoms with Crippen LogP contribution in [-0.2, 0) is 4.79 Å². The third-order valence-electron chi connectivity index (χ3n) is 2.83. The van der Waals surface area contributed by atoms with Crippen molar-refractivity contribution in [1.29, 1.82) is 0 Å². The lowest BCUT2D eigenvalue weighted by Crippen LogP contribution is -2.42. The Balaban J connectivity index is 2.02. The van der Waals surface area contributed by atoms with Gasteiger partial charge in [-0.25, -0.2) is 0 Å². The molecule has 0 saturated heterocycles. The summed E-state index contributed by atoms with van der Waals surface area (Å²) in [5, 5.41) is 15.1. The standard InChI is InChI=1S/C14H15ClN2O3S/c1-8(7-18)17-11(19)6-16-14(20)13-12(15)9-4-2-3-5-10(9)21-13/h2-5,8,18H,6-7H2,1H3,(H,16,20)(H,17,19). The van der Waals surface area contributed by atoms with Crippen LogP contribution >= 0.6 is 22.9 Å². The molecule has 1 atom stereocenters. The number of benzene rings is 1. The van der Waals surface area contributed by atoms with Crippen LogP contribution in [0.5, 0.6) is 0 Å². The first-order valence-electron chi connectivity index (χ1n) is 6.38. The monoisotopic (exact) mass is 326 g/mol. The normalized spacial score (nSPS) is 12.1. The fraction of sp³-hybridized carbons (Fsp3) is 0.286. The molecule has 0 aliphatic heterocycles. The Morgan fingerprint density at radius 1 is 1.38 bits per heavy atom. The Morgan fingerprint density at radius 2 is 2.10 bits per heavy atom. The highest BCUT2D eigenvalue weighted by Crippen LogP contribution is 2.34. The van der Waals surface area contributed by atoms with Gasteiger partial charge in [0.25, 0.3) is 5.91 Å². The largest absolute Gasteiger partial charge is 0.394 e. The van der Waals surface area contributed by atoms with Gasteiger partial charge in [-0.3, -0.25) is 9.59 Å². The van der Waals surface area contributed by atoms with Gasteiger partial charge in [0.1, 0.15) is 4.88 Å². The van der Waals surface area contributed by atoms with E-state index in [0.29, 0.717) is 9.90 Å². The van der Waals surface area contributed by atoms with Crippen molar-refractivity contribution in [2.45, 2.75) is 13.0 Å². The lowest BCUT2D eigenvalue weighted by atomic mass is 10.2. The van der Waals surface area contributed by atoms with E-state index in [0.717, 1.165) is 10.1 Å². The van der Waals surface area contributed by atoms with Crippen molar-refractivity contribution in [2.24, 2.45) is 0 Å². The second-order valence-electron chi connectivity index (χ2n) is 4.58. The molecule has 1 heterocycles. The summed E-state index contributed by atoms with van der Waals surface area (Å²) in [4.78, 5) is 24.0. The van der Waals surface area contributed by atoms with Crippen LogP contribution in [0.4, 0.5) is 0 Å². The maximum atomic E-state index is 12.1. The lowest BCUT2D eigenvalue weighted by Gasteiger charge is -2.10. The summed E-state index contributed by atoms with van der Waals surface area (Å²) in [5.41, 5.74) is 0. The van der Waals surface area contributed by atoms with Gasteiger partial charge < -0.3 is 15.7 Å². The molecule has 0 aliphatic carbocycles. The van der Waals surface area contributed by atoms with Gasteiger partial charge in [0.15, 0.2) is 0 Å². The predicted molar refractivity (Wildman–Crippen MR) is 83.9 cm³/mol. The van der Waals surface area contributed by atoms with Crippen molar-refractivity contribution >= 4 is 44.8 Å². The van der Waals surface area contributed by atoms with Crippen LogP contribution in [-0.4, -0.2) is 36.1 Å². The number of amides is 2. The van der Waals surface area contributed by atoms with Gasteiger partial charge in [-0.2, -0.15) is 0 Å². The van der Waals surface area contributed by atoms with Crippen molar-refractivity contribution in [1.82, 2.24) is 10.6 Å². The lowest BCUT2D eigenvalue weighted by molar-refractivity contribution is -0.121. The number of carbonyl (C=O) groups is 2. The molecule has 7 heteroatoms. The zero-order chi connectivity index (χ0) is 15.4. The van der Waals surface area contributed by atoms with Gasteiger partial charge in [-0.05, 0) is 13.0 Å². The van der Waals surface area contributed by atoms with Gasteiger partial charge in [0, 0.05) is 16.1 Å². The first kappa shape index (κ1) is 15.8. The molecule has 21 heavy (non-hydrogen) atoms. The average molecular weight is 327 g/mol. The molecule has 0 aliphatic rings. The molecule has 0 fully saturated rings. The molecule has 3 N–H and O–H groups in total. The number of aliphatic hydroxyl groups is 1. The number of halogens is 1. The summed E-state index contributed by atoms with van der Waals surface area (Å²) in [6.45, 7) is 1.36. The van der Waals surface area contributed by atoms with E-state index in [4.69, 9.17) is 16.7 Å². The van der Waals surface area contributed by atoms with Crippen LogP contribution < -0.4 is 10.6 Å². The molecule has 2 amide bonds. The minimum absolute atomic E-state index is 0.151. The van der Waals surface area contributed by atoms with Gasteiger partial charge in [0.05, 0.1) is 18.2 Å². The van der Waals surface area contributed by atoms with Crippen LogP contribution in [0.2, 0.25) is 5.02 Å². The molecule has 0 saturated carbocycles. The van der Waals surface area contributed by atoms with Crippen LogP contribution in [0, 0.1) is 0 Å². The second kappa shape index (κ2) is 6.89. The molecule has 0 spiro atoms. The topological polar surface area (TPSA) is 78.4 Å². The third kappa shape index (κ3) is 3.72. The zero-order valence-electron chi connectivity index (χ0n) is 11.4. The Bertz CT molecular complexity index is 671. The van der Waals surface area contributed by atoms with E-state index in [1.165, 1.54) is 11.3 Å². The summed E-state index contributed by atoms with van der Waals surface area (Å²) in [5.74, 6) is -0.741. The number of fused-ring (bicyclic) bond motifs is 1. The Morgan fingerprint density at radius 3 is 2.76 bits per heavy atom. The number of hydrogen-bond acceptors (Lipinski definition) is 4. The van der Waals surface area contributed by atoms with Gasteiger partial charge in [-0.15, -0.1) is 11.3 Å². The summed E-state index contributed by atoms with van der Waals surface area (Å²) in [6.07, 6.45) is 0. The van der Waals surface area contributed by atoms with Crippen molar-refractivity contribution in [3.63, 3.8) is 0 Å². The van der Waals surface area contributed by atoms with E-state index in [-0.39, 0.29) is 31.0 Å². The number of rotatable bonds is 5.